The van der Waals surface area contributed by atoms with Crippen molar-refractivity contribution in [2.24, 2.45) is 7.05 Å². The molecule has 0 atom stereocenters. The van der Waals surface area contributed by atoms with E-state index in [-0.39, 0.29) is 17.6 Å². The maximum atomic E-state index is 12.5. The largest absolute Gasteiger partial charge is 0.355 e. The molecule has 0 spiro atoms. The maximum Gasteiger partial charge on any atom is 0.326 e. The quantitative estimate of drug-likeness (QED) is 0.529. The van der Waals surface area contributed by atoms with Crippen molar-refractivity contribution in [1.29, 1.82) is 0 Å². The summed E-state index contributed by atoms with van der Waals surface area (Å²) in [6.07, 6.45) is 3.12. The van der Waals surface area contributed by atoms with Crippen LogP contribution in [-0.4, -0.2) is 55.1 Å². The summed E-state index contributed by atoms with van der Waals surface area (Å²) in [4.78, 5) is 43.0. The van der Waals surface area contributed by atoms with Crippen LogP contribution in [0.2, 0.25) is 0 Å². The number of rotatable bonds is 3. The molecule has 4 heterocycles. The number of hydrogen-bond donors (Lipinski definition) is 2. The Morgan fingerprint density at radius 3 is 2.73 bits per heavy atom. The first kappa shape index (κ1) is 18.3. The smallest absolute Gasteiger partial charge is 0.326 e. The fourth-order valence-corrected chi connectivity index (χ4v) is 4.31. The third kappa shape index (κ3) is 2.75. The Morgan fingerprint density at radius 2 is 1.97 bits per heavy atom. The van der Waals surface area contributed by atoms with E-state index in [1.165, 1.54) is 6.33 Å². The lowest BCUT2D eigenvalue weighted by Gasteiger charge is -2.33. The van der Waals surface area contributed by atoms with Gasteiger partial charge in [-0.15, -0.1) is 0 Å². The third-order valence-corrected chi connectivity index (χ3v) is 5.82. The van der Waals surface area contributed by atoms with Crippen LogP contribution in [0.3, 0.4) is 0 Å². The van der Waals surface area contributed by atoms with Crippen LogP contribution in [0.5, 0.6) is 0 Å². The number of anilines is 1. The minimum Gasteiger partial charge on any atom is -0.355 e. The van der Waals surface area contributed by atoms with Crippen molar-refractivity contribution in [3.05, 3.63) is 46.9 Å². The number of carbonyl (C=O) groups excluding carboxylic acids is 1. The van der Waals surface area contributed by atoms with Gasteiger partial charge < -0.3 is 19.8 Å². The number of benzene rings is 1. The Bertz CT molecular complexity index is 1310. The predicted octanol–water partition coefficient (Wildman–Crippen LogP) is 1.21. The molecule has 10 heteroatoms. The molecule has 5 rings (SSSR count). The van der Waals surface area contributed by atoms with Gasteiger partial charge in [0.25, 0.3) is 5.91 Å². The highest BCUT2D eigenvalue weighted by atomic mass is 16.2. The molecule has 10 nitrogen and oxygen atoms in total. The molecule has 0 aliphatic carbocycles. The normalized spacial score (nSPS) is 15.2. The molecule has 0 bridgehead atoms. The lowest BCUT2D eigenvalue weighted by Crippen LogP contribution is -2.37. The molecule has 3 aromatic heterocycles. The van der Waals surface area contributed by atoms with E-state index in [1.807, 2.05) is 28.8 Å². The van der Waals surface area contributed by atoms with Crippen LogP contribution in [-0.2, 0) is 7.05 Å². The van der Waals surface area contributed by atoms with Gasteiger partial charge in [0.15, 0.2) is 17.0 Å². The van der Waals surface area contributed by atoms with Gasteiger partial charge in [-0.25, -0.2) is 19.7 Å². The van der Waals surface area contributed by atoms with Crippen molar-refractivity contribution in [2.75, 3.05) is 25.0 Å². The molecule has 1 saturated heterocycles. The van der Waals surface area contributed by atoms with Crippen molar-refractivity contribution in [1.82, 2.24) is 34.4 Å². The lowest BCUT2D eigenvalue weighted by molar-refractivity contribution is 0.0950. The van der Waals surface area contributed by atoms with Crippen molar-refractivity contribution in [3.63, 3.8) is 0 Å². The number of imidazole rings is 2. The summed E-state index contributed by atoms with van der Waals surface area (Å²) in [6, 6.07) is 7.88. The van der Waals surface area contributed by atoms with Gasteiger partial charge in [-0.3, -0.25) is 9.36 Å². The van der Waals surface area contributed by atoms with Crippen molar-refractivity contribution in [3.8, 4) is 0 Å². The fraction of sp³-hybridized carbons (Fsp3) is 0.350. The zero-order valence-electron chi connectivity index (χ0n) is 16.8. The van der Waals surface area contributed by atoms with E-state index in [0.717, 1.165) is 42.8 Å². The van der Waals surface area contributed by atoms with Crippen LogP contribution < -0.4 is 15.9 Å². The zero-order chi connectivity index (χ0) is 20.8. The molecule has 1 amide bonds. The summed E-state index contributed by atoms with van der Waals surface area (Å²) in [6.45, 7) is 1.46. The van der Waals surface area contributed by atoms with Gasteiger partial charge in [0, 0.05) is 33.2 Å². The van der Waals surface area contributed by atoms with Gasteiger partial charge in [-0.05, 0) is 25.0 Å². The topological polar surface area (TPSA) is 114 Å². The van der Waals surface area contributed by atoms with Gasteiger partial charge in [-0.2, -0.15) is 0 Å². The number of H-pyrrole nitrogens is 1. The average Bonchev–Trinajstić information content (AvgIpc) is 3.29. The molecule has 4 aromatic rings. The maximum absolute atomic E-state index is 12.5. The summed E-state index contributed by atoms with van der Waals surface area (Å²) in [7, 11) is 3.35. The first-order chi connectivity index (χ1) is 14.6. The van der Waals surface area contributed by atoms with E-state index in [9.17, 15) is 9.59 Å². The lowest BCUT2D eigenvalue weighted by atomic mass is 10.0. The summed E-state index contributed by atoms with van der Waals surface area (Å²) in [5.74, 6) is 0.754. The third-order valence-electron chi connectivity index (χ3n) is 5.82. The van der Waals surface area contributed by atoms with E-state index in [1.54, 1.807) is 18.7 Å². The summed E-state index contributed by atoms with van der Waals surface area (Å²) in [5.41, 5.74) is 2.96. The van der Waals surface area contributed by atoms with Gasteiger partial charge in [0.05, 0.1) is 11.0 Å². The van der Waals surface area contributed by atoms with Gasteiger partial charge in [-0.1, -0.05) is 12.1 Å². The minimum absolute atomic E-state index is 0.0703. The number of aromatic nitrogens is 6. The van der Waals surface area contributed by atoms with Crippen molar-refractivity contribution < 1.29 is 4.79 Å². The molecule has 0 unspecified atom stereocenters. The highest BCUT2D eigenvalue weighted by Crippen LogP contribution is 2.30. The molecule has 1 aliphatic heterocycles. The van der Waals surface area contributed by atoms with Crippen LogP contribution in [0, 0.1) is 0 Å². The summed E-state index contributed by atoms with van der Waals surface area (Å²) < 4.78 is 3.55. The average molecular weight is 406 g/mol. The highest BCUT2D eigenvalue weighted by molar-refractivity contribution is 5.96. The van der Waals surface area contributed by atoms with Gasteiger partial charge in [0.1, 0.15) is 6.33 Å². The second-order valence-electron chi connectivity index (χ2n) is 7.48. The molecule has 30 heavy (non-hydrogen) atoms. The Morgan fingerprint density at radius 1 is 1.20 bits per heavy atom. The molecule has 1 aromatic carbocycles. The van der Waals surface area contributed by atoms with E-state index >= 15 is 0 Å². The standard InChI is InChI=1S/C20H22N8O2/c1-21-19(29)18-25-15-16(26(18)2)22-11-23-17(15)27-9-7-12(8-10-27)28-14-6-4-3-5-13(14)24-20(28)30/h3-6,11-12H,7-10H2,1-2H3,(H,21,29)(H,24,30). The van der Waals surface area contributed by atoms with E-state index in [0.29, 0.717) is 17.0 Å². The molecular formula is C20H22N8O2. The number of piperidine rings is 1. The Hall–Kier alpha value is -3.69. The Balaban J connectivity index is 1.44. The Kier molecular flexibility index (Phi) is 4.27. The molecule has 1 aliphatic rings. The number of fused-ring (bicyclic) bond motifs is 2. The van der Waals surface area contributed by atoms with E-state index in [2.05, 4.69) is 30.2 Å². The summed E-state index contributed by atoms with van der Waals surface area (Å²) in [5, 5.41) is 2.60. The molecule has 2 N–H and O–H groups in total. The van der Waals surface area contributed by atoms with E-state index < -0.39 is 0 Å². The highest BCUT2D eigenvalue weighted by Gasteiger charge is 2.27. The SMILES string of the molecule is CNC(=O)c1nc2c(N3CCC(n4c(=O)[nH]c5ccccc54)CC3)ncnc2n1C. The number of aryl methyl sites for hydroxylation is 1. The number of carbonyl (C=O) groups is 1. The Labute approximate surface area is 171 Å². The first-order valence-electron chi connectivity index (χ1n) is 9.92. The molecule has 154 valence electrons. The van der Waals surface area contributed by atoms with Crippen LogP contribution in [0.15, 0.2) is 35.4 Å². The van der Waals surface area contributed by atoms with Crippen molar-refractivity contribution >= 4 is 33.9 Å². The number of amides is 1. The monoisotopic (exact) mass is 406 g/mol. The van der Waals surface area contributed by atoms with Crippen molar-refractivity contribution in [2.45, 2.75) is 18.9 Å². The number of aromatic amines is 1. The van der Waals surface area contributed by atoms with Crippen LogP contribution in [0.4, 0.5) is 5.82 Å². The molecule has 1 fully saturated rings. The van der Waals surface area contributed by atoms with Crippen LogP contribution in [0.25, 0.3) is 22.2 Å². The minimum atomic E-state index is -0.265. The number of hydrogen-bond acceptors (Lipinski definition) is 6. The predicted molar refractivity (Wildman–Crippen MR) is 113 cm³/mol. The summed E-state index contributed by atoms with van der Waals surface area (Å²) >= 11 is 0. The number of nitrogens with one attached hydrogen (secondary N) is 2. The van der Waals surface area contributed by atoms with E-state index in [4.69, 9.17) is 0 Å². The fourth-order valence-electron chi connectivity index (χ4n) is 4.31. The molecule has 0 saturated carbocycles. The second-order valence-corrected chi connectivity index (χ2v) is 7.48. The van der Waals surface area contributed by atoms with Crippen LogP contribution >= 0.6 is 0 Å². The molecular weight excluding hydrogens is 384 g/mol. The zero-order valence-corrected chi connectivity index (χ0v) is 16.8. The molecule has 0 radical (unpaired) electrons. The van der Waals surface area contributed by atoms with Gasteiger partial charge >= 0.3 is 5.69 Å². The second kappa shape index (κ2) is 6.97. The number of nitrogens with zero attached hydrogens (tertiary/aromatic N) is 6. The van der Waals surface area contributed by atoms with Gasteiger partial charge in [0.2, 0.25) is 5.82 Å². The van der Waals surface area contributed by atoms with Crippen LogP contribution in [0.1, 0.15) is 29.5 Å². The number of para-hydroxylation sites is 2. The first-order valence-corrected chi connectivity index (χ1v) is 9.92.